The number of rotatable bonds is 6. The molecule has 1 N–H and O–H groups in total. The van der Waals surface area contributed by atoms with Crippen molar-refractivity contribution in [3.05, 3.63) is 84.7 Å². The number of benzene rings is 2. The van der Waals surface area contributed by atoms with Gasteiger partial charge in [-0.2, -0.15) is 5.10 Å². The first kappa shape index (κ1) is 19.7. The highest BCUT2D eigenvalue weighted by Crippen LogP contribution is 2.21. The first-order valence-electron chi connectivity index (χ1n) is 8.90. The Labute approximate surface area is 175 Å². The van der Waals surface area contributed by atoms with Gasteiger partial charge in [-0.3, -0.25) is 4.79 Å². The van der Waals surface area contributed by atoms with Crippen LogP contribution in [0.15, 0.2) is 78.1 Å². The Morgan fingerprint density at radius 1 is 1.00 bits per heavy atom. The summed E-state index contributed by atoms with van der Waals surface area (Å²) in [5, 5.41) is 15.6. The summed E-state index contributed by atoms with van der Waals surface area (Å²) < 4.78 is 27.9. The molecule has 4 rings (SSSR count). The monoisotopic (exact) mass is 423 g/mol. The maximum absolute atomic E-state index is 13.2. The molecule has 0 spiro atoms. The lowest BCUT2D eigenvalue weighted by molar-refractivity contribution is -0.113. The predicted molar refractivity (Wildman–Crippen MR) is 110 cm³/mol. The van der Waals surface area contributed by atoms with Crippen LogP contribution in [-0.2, 0) is 4.79 Å². The van der Waals surface area contributed by atoms with Gasteiger partial charge in [0.05, 0.1) is 17.1 Å². The van der Waals surface area contributed by atoms with Gasteiger partial charge in [-0.1, -0.05) is 23.9 Å². The fourth-order valence-corrected chi connectivity index (χ4v) is 3.28. The van der Waals surface area contributed by atoms with E-state index in [0.29, 0.717) is 10.7 Å². The van der Waals surface area contributed by atoms with Gasteiger partial charge in [0.1, 0.15) is 5.03 Å². The topological polar surface area (TPSA) is 72.7 Å². The highest BCUT2D eigenvalue weighted by Gasteiger charge is 2.08. The van der Waals surface area contributed by atoms with Crippen LogP contribution in [0.25, 0.3) is 16.9 Å². The standard InChI is InChI=1S/C21H15F2N5OS/c22-17-7-4-15(12-18(17)23)25-20(29)13-30-21-9-8-19(26-27-21)14-2-5-16(6-3-14)28-11-1-10-24-28/h1-12H,13H2,(H,25,29). The van der Waals surface area contributed by atoms with E-state index in [0.717, 1.165) is 23.4 Å². The van der Waals surface area contributed by atoms with Gasteiger partial charge in [0.25, 0.3) is 0 Å². The minimum absolute atomic E-state index is 0.0611. The second kappa shape index (κ2) is 8.83. The van der Waals surface area contributed by atoms with Gasteiger partial charge in [-0.15, -0.1) is 10.2 Å². The lowest BCUT2D eigenvalue weighted by Crippen LogP contribution is -2.14. The van der Waals surface area contributed by atoms with E-state index in [2.05, 4.69) is 20.6 Å². The van der Waals surface area contributed by atoms with Crippen molar-refractivity contribution in [1.29, 1.82) is 0 Å². The van der Waals surface area contributed by atoms with Crippen LogP contribution in [-0.4, -0.2) is 31.6 Å². The van der Waals surface area contributed by atoms with Gasteiger partial charge in [0, 0.05) is 29.7 Å². The molecule has 4 aromatic rings. The van der Waals surface area contributed by atoms with Crippen LogP contribution in [0.5, 0.6) is 0 Å². The van der Waals surface area contributed by atoms with E-state index in [1.165, 1.54) is 17.8 Å². The molecule has 0 saturated carbocycles. The van der Waals surface area contributed by atoms with E-state index in [9.17, 15) is 13.6 Å². The number of carbonyl (C=O) groups is 1. The number of halogens is 2. The van der Waals surface area contributed by atoms with Crippen LogP contribution in [0.1, 0.15) is 0 Å². The number of thioether (sulfide) groups is 1. The Kier molecular flexibility index (Phi) is 5.80. The molecule has 0 atom stereocenters. The normalized spacial score (nSPS) is 10.7. The molecule has 6 nitrogen and oxygen atoms in total. The molecule has 0 aliphatic carbocycles. The SMILES string of the molecule is O=C(CSc1ccc(-c2ccc(-n3cccn3)cc2)nn1)Nc1ccc(F)c(F)c1. The Hall–Kier alpha value is -3.59. The van der Waals surface area contributed by atoms with E-state index >= 15 is 0 Å². The zero-order valence-electron chi connectivity index (χ0n) is 15.5. The molecule has 2 aromatic heterocycles. The van der Waals surface area contributed by atoms with Crippen molar-refractivity contribution >= 4 is 23.4 Å². The average Bonchev–Trinajstić information content (AvgIpc) is 3.30. The van der Waals surface area contributed by atoms with E-state index in [4.69, 9.17) is 0 Å². The molecule has 0 radical (unpaired) electrons. The van der Waals surface area contributed by atoms with Crippen molar-refractivity contribution in [2.24, 2.45) is 0 Å². The van der Waals surface area contributed by atoms with Crippen LogP contribution in [0.2, 0.25) is 0 Å². The third-order valence-electron chi connectivity index (χ3n) is 4.13. The van der Waals surface area contributed by atoms with Crippen molar-refractivity contribution in [2.75, 3.05) is 11.1 Å². The molecule has 0 aliphatic rings. The maximum Gasteiger partial charge on any atom is 0.234 e. The summed E-state index contributed by atoms with van der Waals surface area (Å²) in [7, 11) is 0. The molecule has 0 bridgehead atoms. The largest absolute Gasteiger partial charge is 0.325 e. The lowest BCUT2D eigenvalue weighted by atomic mass is 10.1. The number of nitrogens with one attached hydrogen (secondary N) is 1. The van der Waals surface area contributed by atoms with E-state index in [1.54, 1.807) is 16.9 Å². The van der Waals surface area contributed by atoms with Gasteiger partial charge in [-0.25, -0.2) is 13.5 Å². The van der Waals surface area contributed by atoms with Crippen LogP contribution >= 0.6 is 11.8 Å². The summed E-state index contributed by atoms with van der Waals surface area (Å²) in [5.41, 5.74) is 2.75. The average molecular weight is 423 g/mol. The fourth-order valence-electron chi connectivity index (χ4n) is 2.67. The summed E-state index contributed by atoms with van der Waals surface area (Å²) in [6, 6.07) is 16.4. The Bertz CT molecular complexity index is 1150. The number of amides is 1. The molecule has 9 heteroatoms. The first-order valence-corrected chi connectivity index (χ1v) is 9.89. The van der Waals surface area contributed by atoms with Crippen molar-refractivity contribution < 1.29 is 13.6 Å². The molecule has 30 heavy (non-hydrogen) atoms. The molecular formula is C21H15F2N5OS. The van der Waals surface area contributed by atoms with Crippen LogP contribution in [0.3, 0.4) is 0 Å². The summed E-state index contributed by atoms with van der Waals surface area (Å²) in [6.45, 7) is 0. The minimum atomic E-state index is -1.01. The predicted octanol–water partition coefficient (Wildman–Crippen LogP) is 4.34. The van der Waals surface area contributed by atoms with Crippen molar-refractivity contribution in [1.82, 2.24) is 20.0 Å². The van der Waals surface area contributed by atoms with Crippen LogP contribution in [0.4, 0.5) is 14.5 Å². The Morgan fingerprint density at radius 2 is 1.83 bits per heavy atom. The first-order chi connectivity index (χ1) is 14.6. The molecule has 2 heterocycles. The summed E-state index contributed by atoms with van der Waals surface area (Å²) in [5.74, 6) is -2.27. The van der Waals surface area contributed by atoms with Crippen molar-refractivity contribution in [3.63, 3.8) is 0 Å². The van der Waals surface area contributed by atoms with Crippen LogP contribution in [0, 0.1) is 11.6 Å². The molecule has 2 aromatic carbocycles. The van der Waals surface area contributed by atoms with E-state index in [1.807, 2.05) is 42.6 Å². The van der Waals surface area contributed by atoms with Gasteiger partial charge < -0.3 is 5.32 Å². The number of anilines is 1. The van der Waals surface area contributed by atoms with Crippen LogP contribution < -0.4 is 5.32 Å². The fraction of sp³-hybridized carbons (Fsp3) is 0.0476. The van der Waals surface area contributed by atoms with Crippen molar-refractivity contribution in [2.45, 2.75) is 5.03 Å². The lowest BCUT2D eigenvalue weighted by Gasteiger charge is -2.06. The second-order valence-electron chi connectivity index (χ2n) is 6.22. The van der Waals surface area contributed by atoms with E-state index in [-0.39, 0.29) is 17.3 Å². The van der Waals surface area contributed by atoms with Gasteiger partial charge in [-0.05, 0) is 42.5 Å². The zero-order valence-corrected chi connectivity index (χ0v) is 16.3. The summed E-state index contributed by atoms with van der Waals surface area (Å²) in [4.78, 5) is 12.0. The molecular weight excluding hydrogens is 408 g/mol. The molecule has 0 unspecified atom stereocenters. The highest BCUT2D eigenvalue weighted by molar-refractivity contribution is 7.99. The van der Waals surface area contributed by atoms with Gasteiger partial charge >= 0.3 is 0 Å². The third-order valence-corrected chi connectivity index (χ3v) is 5.05. The highest BCUT2D eigenvalue weighted by atomic mass is 32.2. The third kappa shape index (κ3) is 4.69. The Morgan fingerprint density at radius 3 is 2.50 bits per heavy atom. The quantitative estimate of drug-likeness (QED) is 0.467. The summed E-state index contributed by atoms with van der Waals surface area (Å²) in [6.07, 6.45) is 3.58. The number of nitrogens with zero attached hydrogens (tertiary/aromatic N) is 4. The minimum Gasteiger partial charge on any atom is -0.325 e. The second-order valence-corrected chi connectivity index (χ2v) is 7.22. The van der Waals surface area contributed by atoms with E-state index < -0.39 is 11.6 Å². The molecule has 0 fully saturated rings. The number of hydrogen-bond donors (Lipinski definition) is 1. The molecule has 0 saturated heterocycles. The van der Waals surface area contributed by atoms with Gasteiger partial charge in [0.15, 0.2) is 11.6 Å². The Balaban J connectivity index is 1.34. The number of hydrogen-bond acceptors (Lipinski definition) is 5. The number of carbonyl (C=O) groups excluding carboxylic acids is 1. The maximum atomic E-state index is 13.2. The smallest absolute Gasteiger partial charge is 0.234 e. The molecule has 1 amide bonds. The molecule has 150 valence electrons. The van der Waals surface area contributed by atoms with Gasteiger partial charge in [0.2, 0.25) is 5.91 Å². The summed E-state index contributed by atoms with van der Waals surface area (Å²) >= 11 is 1.19. The molecule has 0 aliphatic heterocycles. The number of aromatic nitrogens is 4. The van der Waals surface area contributed by atoms with Crippen molar-refractivity contribution in [3.8, 4) is 16.9 Å². The zero-order chi connectivity index (χ0) is 20.9.